The van der Waals surface area contributed by atoms with Crippen LogP contribution in [0.15, 0.2) is 24.3 Å². The van der Waals surface area contributed by atoms with Gasteiger partial charge in [-0.1, -0.05) is 44.4 Å². The summed E-state index contributed by atoms with van der Waals surface area (Å²) in [5.74, 6) is -0.0565. The Balaban J connectivity index is 2.32. The first-order valence-corrected chi connectivity index (χ1v) is 5.08. The van der Waals surface area contributed by atoms with Crippen LogP contribution in [0.4, 0.5) is 4.39 Å². The average molecular weight is 180 g/mol. The molecule has 0 aliphatic carbocycles. The van der Waals surface area contributed by atoms with Crippen LogP contribution >= 0.6 is 0 Å². The Morgan fingerprint density at radius 3 is 2.54 bits per heavy atom. The number of aryl methyl sites for hydroxylation is 1. The predicted octanol–water partition coefficient (Wildman–Crippen LogP) is 3.95. The van der Waals surface area contributed by atoms with Crippen molar-refractivity contribution >= 4 is 0 Å². The highest BCUT2D eigenvalue weighted by atomic mass is 19.1. The van der Waals surface area contributed by atoms with Gasteiger partial charge in [0.2, 0.25) is 0 Å². The fourth-order valence-corrected chi connectivity index (χ4v) is 1.44. The van der Waals surface area contributed by atoms with E-state index >= 15 is 0 Å². The Morgan fingerprint density at radius 2 is 1.85 bits per heavy atom. The van der Waals surface area contributed by atoms with Crippen LogP contribution in [0, 0.1) is 5.82 Å². The molecule has 0 aliphatic rings. The second kappa shape index (κ2) is 5.74. The van der Waals surface area contributed by atoms with Gasteiger partial charge < -0.3 is 0 Å². The van der Waals surface area contributed by atoms with Crippen LogP contribution in [0.25, 0.3) is 0 Å². The predicted molar refractivity (Wildman–Crippen MR) is 54.2 cm³/mol. The highest BCUT2D eigenvalue weighted by molar-refractivity contribution is 5.17. The molecule has 0 unspecified atom stereocenters. The standard InChI is InChI=1S/C12H17F/c1-2-3-4-5-8-11-9-6-7-10-12(11)13/h6-7,9-10H,2-5,8H2,1H3. The van der Waals surface area contributed by atoms with Gasteiger partial charge in [-0.2, -0.15) is 0 Å². The van der Waals surface area contributed by atoms with Crippen LogP contribution in [0.5, 0.6) is 0 Å². The highest BCUT2D eigenvalue weighted by Crippen LogP contribution is 2.11. The van der Waals surface area contributed by atoms with Gasteiger partial charge >= 0.3 is 0 Å². The molecule has 1 heteroatoms. The molecular weight excluding hydrogens is 163 g/mol. The lowest BCUT2D eigenvalue weighted by Crippen LogP contribution is -1.89. The lowest BCUT2D eigenvalue weighted by Gasteiger charge is -2.01. The minimum absolute atomic E-state index is 0.0565. The largest absolute Gasteiger partial charge is 0.207 e. The van der Waals surface area contributed by atoms with E-state index in [2.05, 4.69) is 6.92 Å². The first kappa shape index (κ1) is 10.2. The van der Waals surface area contributed by atoms with Crippen molar-refractivity contribution in [1.29, 1.82) is 0 Å². The van der Waals surface area contributed by atoms with Gasteiger partial charge in [0.15, 0.2) is 0 Å². The molecule has 13 heavy (non-hydrogen) atoms. The van der Waals surface area contributed by atoms with Crippen molar-refractivity contribution in [3.8, 4) is 0 Å². The third-order valence-electron chi connectivity index (χ3n) is 2.26. The van der Waals surface area contributed by atoms with Crippen LogP contribution in [-0.2, 0) is 6.42 Å². The summed E-state index contributed by atoms with van der Waals surface area (Å²) in [6, 6.07) is 7.06. The van der Waals surface area contributed by atoms with E-state index in [1.807, 2.05) is 12.1 Å². The lowest BCUT2D eigenvalue weighted by molar-refractivity contribution is 0.594. The van der Waals surface area contributed by atoms with E-state index < -0.39 is 0 Å². The SMILES string of the molecule is CCCCCCc1ccccc1F. The van der Waals surface area contributed by atoms with Gasteiger partial charge in [0.1, 0.15) is 5.82 Å². The molecule has 1 aromatic rings. The van der Waals surface area contributed by atoms with Gasteiger partial charge in [0, 0.05) is 0 Å². The summed E-state index contributed by atoms with van der Waals surface area (Å²) in [4.78, 5) is 0. The van der Waals surface area contributed by atoms with Crippen LogP contribution in [0.3, 0.4) is 0 Å². The zero-order valence-electron chi connectivity index (χ0n) is 8.22. The Bertz CT molecular complexity index is 243. The third kappa shape index (κ3) is 3.58. The molecule has 0 fully saturated rings. The topological polar surface area (TPSA) is 0 Å². The van der Waals surface area contributed by atoms with E-state index in [-0.39, 0.29) is 5.82 Å². The van der Waals surface area contributed by atoms with E-state index in [9.17, 15) is 4.39 Å². The van der Waals surface area contributed by atoms with Crippen molar-refractivity contribution in [2.75, 3.05) is 0 Å². The number of hydrogen-bond acceptors (Lipinski definition) is 0. The molecular formula is C12H17F. The molecule has 0 heterocycles. The third-order valence-corrected chi connectivity index (χ3v) is 2.26. The molecule has 0 saturated heterocycles. The minimum atomic E-state index is -0.0565. The molecule has 0 N–H and O–H groups in total. The molecule has 1 aromatic carbocycles. The normalized spacial score (nSPS) is 10.3. The number of hydrogen-bond donors (Lipinski definition) is 0. The van der Waals surface area contributed by atoms with Crippen LogP contribution in [0.2, 0.25) is 0 Å². The van der Waals surface area contributed by atoms with Crippen molar-refractivity contribution in [3.63, 3.8) is 0 Å². The summed E-state index contributed by atoms with van der Waals surface area (Å²) in [5.41, 5.74) is 0.860. The van der Waals surface area contributed by atoms with Crippen molar-refractivity contribution in [2.24, 2.45) is 0 Å². The summed E-state index contributed by atoms with van der Waals surface area (Å²) in [6.45, 7) is 2.18. The zero-order valence-corrected chi connectivity index (χ0v) is 8.22. The molecule has 72 valence electrons. The zero-order chi connectivity index (χ0) is 9.52. The molecule has 0 saturated carbocycles. The molecule has 0 aromatic heterocycles. The number of rotatable bonds is 5. The monoisotopic (exact) mass is 180 g/mol. The maximum absolute atomic E-state index is 13.1. The lowest BCUT2D eigenvalue weighted by atomic mass is 10.1. The summed E-state index contributed by atoms with van der Waals surface area (Å²) in [7, 11) is 0. The molecule has 0 spiro atoms. The van der Waals surface area contributed by atoms with E-state index in [4.69, 9.17) is 0 Å². The van der Waals surface area contributed by atoms with Crippen LogP contribution in [-0.4, -0.2) is 0 Å². The van der Waals surface area contributed by atoms with E-state index in [1.165, 1.54) is 25.3 Å². The summed E-state index contributed by atoms with van der Waals surface area (Å²) in [5, 5.41) is 0. The average Bonchev–Trinajstić information content (AvgIpc) is 2.15. The smallest absolute Gasteiger partial charge is 0.126 e. The molecule has 0 aliphatic heterocycles. The maximum atomic E-state index is 13.1. The van der Waals surface area contributed by atoms with Crippen LogP contribution < -0.4 is 0 Å². The summed E-state index contributed by atoms with van der Waals surface area (Å²) < 4.78 is 13.1. The van der Waals surface area contributed by atoms with Gasteiger partial charge in [0.25, 0.3) is 0 Å². The molecule has 0 bridgehead atoms. The van der Waals surface area contributed by atoms with Crippen molar-refractivity contribution < 1.29 is 4.39 Å². The highest BCUT2D eigenvalue weighted by Gasteiger charge is 1.98. The van der Waals surface area contributed by atoms with Gasteiger partial charge in [-0.05, 0) is 24.5 Å². The quantitative estimate of drug-likeness (QED) is 0.602. The van der Waals surface area contributed by atoms with E-state index in [1.54, 1.807) is 6.07 Å². The molecule has 0 radical (unpaired) electrons. The Hall–Kier alpha value is -0.850. The second-order valence-electron chi connectivity index (χ2n) is 3.40. The van der Waals surface area contributed by atoms with Crippen LogP contribution in [0.1, 0.15) is 38.2 Å². The molecule has 1 rings (SSSR count). The first-order valence-electron chi connectivity index (χ1n) is 5.08. The van der Waals surface area contributed by atoms with Crippen molar-refractivity contribution in [2.45, 2.75) is 39.0 Å². The Labute approximate surface area is 79.8 Å². The fraction of sp³-hybridized carbons (Fsp3) is 0.500. The minimum Gasteiger partial charge on any atom is -0.207 e. The molecule has 0 nitrogen and oxygen atoms in total. The number of unbranched alkanes of at least 4 members (excludes halogenated alkanes) is 3. The van der Waals surface area contributed by atoms with Crippen molar-refractivity contribution in [3.05, 3.63) is 35.6 Å². The number of benzene rings is 1. The molecule has 0 atom stereocenters. The van der Waals surface area contributed by atoms with Gasteiger partial charge in [-0.3, -0.25) is 0 Å². The van der Waals surface area contributed by atoms with E-state index in [0.717, 1.165) is 18.4 Å². The van der Waals surface area contributed by atoms with E-state index in [0.29, 0.717) is 0 Å². The molecule has 0 amide bonds. The Kier molecular flexibility index (Phi) is 4.52. The Morgan fingerprint density at radius 1 is 1.08 bits per heavy atom. The number of halogens is 1. The van der Waals surface area contributed by atoms with Gasteiger partial charge in [-0.25, -0.2) is 4.39 Å². The summed E-state index contributed by atoms with van der Waals surface area (Å²) in [6.07, 6.45) is 5.69. The maximum Gasteiger partial charge on any atom is 0.126 e. The first-order chi connectivity index (χ1) is 6.34. The van der Waals surface area contributed by atoms with Gasteiger partial charge in [-0.15, -0.1) is 0 Å². The second-order valence-corrected chi connectivity index (χ2v) is 3.40. The van der Waals surface area contributed by atoms with Gasteiger partial charge in [0.05, 0.1) is 0 Å². The van der Waals surface area contributed by atoms with Crippen molar-refractivity contribution in [1.82, 2.24) is 0 Å². The fourth-order valence-electron chi connectivity index (χ4n) is 1.44. The summed E-state index contributed by atoms with van der Waals surface area (Å²) >= 11 is 0.